The lowest BCUT2D eigenvalue weighted by Crippen LogP contribution is -2.26. The molecule has 7 heteroatoms. The Kier molecular flexibility index (Phi) is 3.64. The summed E-state index contributed by atoms with van der Waals surface area (Å²) in [5.41, 5.74) is 0. The second kappa shape index (κ2) is 4.56. The third-order valence-electron chi connectivity index (χ3n) is 1.46. The van der Waals surface area contributed by atoms with Crippen LogP contribution in [0.2, 0.25) is 0 Å². The number of furan rings is 1. The number of hydrogen-bond donors (Lipinski definition) is 3. The van der Waals surface area contributed by atoms with E-state index in [2.05, 4.69) is 4.72 Å². The third kappa shape index (κ3) is 2.55. The molecule has 1 aromatic rings. The number of rotatable bonds is 5. The molecule has 0 aliphatic rings. The fourth-order valence-corrected chi connectivity index (χ4v) is 1.80. The summed E-state index contributed by atoms with van der Waals surface area (Å²) in [5, 5.41) is 16.8. The summed E-state index contributed by atoms with van der Waals surface area (Å²) in [6.07, 6.45) is 0. The van der Waals surface area contributed by atoms with Gasteiger partial charge in [-0.3, -0.25) is 0 Å². The molecule has 0 atom stereocenters. The van der Waals surface area contributed by atoms with Crippen LogP contribution in [0.1, 0.15) is 5.76 Å². The molecule has 0 saturated carbocycles. The molecule has 80 valence electrons. The first-order valence-corrected chi connectivity index (χ1v) is 5.38. The van der Waals surface area contributed by atoms with Gasteiger partial charge in [0.2, 0.25) is 5.09 Å². The van der Waals surface area contributed by atoms with Gasteiger partial charge in [-0.05, 0) is 12.1 Å². The predicted molar refractivity (Wildman–Crippen MR) is 46.9 cm³/mol. The Morgan fingerprint density at radius 3 is 2.57 bits per heavy atom. The molecular weight excluding hydrogens is 210 g/mol. The molecule has 0 amide bonds. The summed E-state index contributed by atoms with van der Waals surface area (Å²) in [5.74, 6) is 0.175. The van der Waals surface area contributed by atoms with E-state index >= 15 is 0 Å². The fraction of sp³-hybridized carbons (Fsp3) is 0.429. The predicted octanol–water partition coefficient (Wildman–Crippen LogP) is -0.958. The Balaban J connectivity index is 2.81. The van der Waals surface area contributed by atoms with Crippen LogP contribution in [0.25, 0.3) is 0 Å². The maximum atomic E-state index is 11.3. The highest BCUT2D eigenvalue weighted by atomic mass is 32.2. The van der Waals surface area contributed by atoms with E-state index in [1.807, 2.05) is 0 Å². The van der Waals surface area contributed by atoms with Gasteiger partial charge in [-0.2, -0.15) is 0 Å². The summed E-state index contributed by atoms with van der Waals surface area (Å²) < 4.78 is 29.6. The fourth-order valence-electron chi connectivity index (χ4n) is 0.839. The van der Waals surface area contributed by atoms with Gasteiger partial charge in [-0.15, -0.1) is 0 Å². The lowest BCUT2D eigenvalue weighted by Gasteiger charge is -2.00. The highest BCUT2D eigenvalue weighted by molar-refractivity contribution is 7.89. The first kappa shape index (κ1) is 11.2. The van der Waals surface area contributed by atoms with Crippen LogP contribution in [0.15, 0.2) is 21.6 Å². The summed E-state index contributed by atoms with van der Waals surface area (Å²) in [4.78, 5) is 0. The summed E-state index contributed by atoms with van der Waals surface area (Å²) in [7, 11) is -3.70. The van der Waals surface area contributed by atoms with Gasteiger partial charge in [0.25, 0.3) is 10.0 Å². The molecule has 0 unspecified atom stereocenters. The Morgan fingerprint density at radius 1 is 1.36 bits per heavy atom. The van der Waals surface area contributed by atoms with Crippen molar-refractivity contribution in [2.75, 3.05) is 13.2 Å². The van der Waals surface area contributed by atoms with Crippen molar-refractivity contribution in [3.05, 3.63) is 17.9 Å². The smallest absolute Gasteiger partial charge is 0.274 e. The van der Waals surface area contributed by atoms with E-state index in [9.17, 15) is 8.42 Å². The van der Waals surface area contributed by atoms with Gasteiger partial charge >= 0.3 is 0 Å². The molecule has 14 heavy (non-hydrogen) atoms. The van der Waals surface area contributed by atoms with Gasteiger partial charge in [0, 0.05) is 6.54 Å². The molecular formula is C7H11NO5S. The van der Waals surface area contributed by atoms with Crippen molar-refractivity contribution >= 4 is 10.0 Å². The largest absolute Gasteiger partial charge is 0.446 e. The van der Waals surface area contributed by atoms with Crippen LogP contribution in [-0.4, -0.2) is 31.8 Å². The molecule has 1 aromatic heterocycles. The molecule has 0 aliphatic heterocycles. The van der Waals surface area contributed by atoms with Crippen molar-refractivity contribution in [3.63, 3.8) is 0 Å². The minimum atomic E-state index is -3.70. The van der Waals surface area contributed by atoms with Gasteiger partial charge in [-0.25, -0.2) is 13.1 Å². The van der Waals surface area contributed by atoms with Gasteiger partial charge < -0.3 is 14.6 Å². The van der Waals surface area contributed by atoms with Gasteiger partial charge in [-0.1, -0.05) is 0 Å². The molecule has 0 aliphatic carbocycles. The van der Waals surface area contributed by atoms with E-state index in [0.717, 1.165) is 0 Å². The number of sulfonamides is 1. The average molecular weight is 221 g/mol. The first-order valence-electron chi connectivity index (χ1n) is 3.90. The van der Waals surface area contributed by atoms with Crippen LogP contribution in [-0.2, 0) is 16.6 Å². The minimum absolute atomic E-state index is 0.0719. The molecule has 0 saturated heterocycles. The van der Waals surface area contributed by atoms with Crippen LogP contribution in [0.4, 0.5) is 0 Å². The van der Waals surface area contributed by atoms with E-state index in [1.165, 1.54) is 12.1 Å². The van der Waals surface area contributed by atoms with Crippen LogP contribution in [0.3, 0.4) is 0 Å². The van der Waals surface area contributed by atoms with E-state index in [0.29, 0.717) is 0 Å². The third-order valence-corrected chi connectivity index (χ3v) is 2.79. The first-order chi connectivity index (χ1) is 6.60. The second-order valence-corrected chi connectivity index (χ2v) is 4.20. The van der Waals surface area contributed by atoms with Crippen molar-refractivity contribution in [1.82, 2.24) is 4.72 Å². The second-order valence-electron chi connectivity index (χ2n) is 2.50. The molecule has 3 N–H and O–H groups in total. The van der Waals surface area contributed by atoms with Crippen molar-refractivity contribution in [1.29, 1.82) is 0 Å². The maximum absolute atomic E-state index is 11.3. The van der Waals surface area contributed by atoms with E-state index in [1.54, 1.807) is 0 Å². The normalized spacial score (nSPS) is 11.9. The zero-order chi connectivity index (χ0) is 10.6. The zero-order valence-corrected chi connectivity index (χ0v) is 8.12. The molecule has 1 rings (SSSR count). The zero-order valence-electron chi connectivity index (χ0n) is 7.30. The molecule has 0 aromatic carbocycles. The van der Waals surface area contributed by atoms with Crippen molar-refractivity contribution in [2.24, 2.45) is 0 Å². The number of hydrogen-bond acceptors (Lipinski definition) is 5. The SMILES string of the molecule is O=S(=O)(NCCO)c1ccc(CO)o1. The Morgan fingerprint density at radius 2 is 2.07 bits per heavy atom. The standard InChI is InChI=1S/C7H11NO5S/c9-4-3-8-14(11,12)7-2-1-6(5-10)13-7/h1-2,8-10H,3-5H2. The lowest BCUT2D eigenvalue weighted by molar-refractivity contribution is 0.236. The summed E-state index contributed by atoms with van der Waals surface area (Å²) in [6, 6.07) is 2.61. The van der Waals surface area contributed by atoms with E-state index in [-0.39, 0.29) is 30.6 Å². The number of aliphatic hydroxyl groups is 2. The quantitative estimate of drug-likeness (QED) is 0.594. The minimum Gasteiger partial charge on any atom is -0.446 e. The molecule has 6 nitrogen and oxygen atoms in total. The van der Waals surface area contributed by atoms with Crippen LogP contribution in [0, 0.1) is 0 Å². The Labute approximate surface area is 81.2 Å². The Bertz CT molecular complexity index is 383. The lowest BCUT2D eigenvalue weighted by atomic mass is 10.5. The number of nitrogens with one attached hydrogen (secondary N) is 1. The van der Waals surface area contributed by atoms with Crippen molar-refractivity contribution in [3.8, 4) is 0 Å². The van der Waals surface area contributed by atoms with E-state index < -0.39 is 10.0 Å². The highest BCUT2D eigenvalue weighted by Crippen LogP contribution is 2.13. The van der Waals surface area contributed by atoms with Crippen molar-refractivity contribution in [2.45, 2.75) is 11.7 Å². The summed E-state index contributed by atoms with van der Waals surface area (Å²) in [6.45, 7) is -0.709. The van der Waals surface area contributed by atoms with Gasteiger partial charge in [0.15, 0.2) is 0 Å². The molecule has 0 bridgehead atoms. The van der Waals surface area contributed by atoms with Crippen LogP contribution in [0.5, 0.6) is 0 Å². The summed E-state index contributed by atoms with van der Waals surface area (Å²) >= 11 is 0. The van der Waals surface area contributed by atoms with Gasteiger partial charge in [0.05, 0.1) is 6.61 Å². The Hall–Kier alpha value is -0.890. The van der Waals surface area contributed by atoms with E-state index in [4.69, 9.17) is 14.6 Å². The molecule has 0 radical (unpaired) electrons. The molecule has 1 heterocycles. The van der Waals surface area contributed by atoms with Crippen molar-refractivity contribution < 1.29 is 23.0 Å². The molecule has 0 spiro atoms. The average Bonchev–Trinajstić information content (AvgIpc) is 2.63. The molecule has 0 fully saturated rings. The van der Waals surface area contributed by atoms with Crippen LogP contribution < -0.4 is 4.72 Å². The van der Waals surface area contributed by atoms with Gasteiger partial charge in [0.1, 0.15) is 12.4 Å². The monoisotopic (exact) mass is 221 g/mol. The topological polar surface area (TPSA) is 99.8 Å². The maximum Gasteiger partial charge on any atom is 0.274 e. The van der Waals surface area contributed by atoms with Crippen LogP contribution >= 0.6 is 0 Å². The number of aliphatic hydroxyl groups excluding tert-OH is 2. The highest BCUT2D eigenvalue weighted by Gasteiger charge is 2.17.